The van der Waals surface area contributed by atoms with Crippen molar-refractivity contribution in [1.82, 2.24) is 10.3 Å². The van der Waals surface area contributed by atoms with E-state index in [4.69, 9.17) is 5.11 Å². The number of carbonyl (C=O) groups excluding carboxylic acids is 1. The second-order valence-corrected chi connectivity index (χ2v) is 4.08. The Bertz CT molecular complexity index is 409. The van der Waals surface area contributed by atoms with Gasteiger partial charge in [-0.15, -0.1) is 0 Å². The van der Waals surface area contributed by atoms with Gasteiger partial charge < -0.3 is 10.4 Å². The molecule has 0 saturated carbocycles. The van der Waals surface area contributed by atoms with E-state index in [1.54, 1.807) is 19.2 Å². The quantitative estimate of drug-likeness (QED) is 0.878. The summed E-state index contributed by atoms with van der Waals surface area (Å²) in [5, 5.41) is 11.2. The summed E-state index contributed by atoms with van der Waals surface area (Å²) in [4.78, 5) is 26.2. The summed E-state index contributed by atoms with van der Waals surface area (Å²) in [5.74, 6) is -1.48. The van der Waals surface area contributed by atoms with E-state index in [1.807, 2.05) is 0 Å². The van der Waals surface area contributed by atoms with Gasteiger partial charge in [0.1, 0.15) is 6.04 Å². The van der Waals surface area contributed by atoms with Gasteiger partial charge in [0.2, 0.25) is 0 Å². The Morgan fingerprint density at radius 3 is 2.75 bits per heavy atom. The molecule has 0 unspecified atom stereocenters. The largest absolute Gasteiger partial charge is 0.480 e. The molecule has 0 radical (unpaired) electrons. The third-order valence-corrected chi connectivity index (χ3v) is 2.41. The van der Waals surface area contributed by atoms with Gasteiger partial charge in [-0.25, -0.2) is 4.79 Å². The topological polar surface area (TPSA) is 79.3 Å². The van der Waals surface area contributed by atoms with Crippen LogP contribution in [0.2, 0.25) is 0 Å². The van der Waals surface area contributed by atoms with Gasteiger partial charge in [0, 0.05) is 16.9 Å². The molecule has 1 aromatic rings. The predicted molar refractivity (Wildman–Crippen MR) is 61.1 cm³/mol. The molecule has 1 atom stereocenters. The molecule has 5 nitrogen and oxygen atoms in total. The Balaban J connectivity index is 2.75. The minimum Gasteiger partial charge on any atom is -0.480 e. The molecule has 1 aromatic heterocycles. The van der Waals surface area contributed by atoms with Crippen LogP contribution in [0.25, 0.3) is 0 Å². The maximum atomic E-state index is 11.6. The average molecular weight is 287 g/mol. The molecule has 86 valence electrons. The van der Waals surface area contributed by atoms with E-state index in [-0.39, 0.29) is 0 Å². The lowest BCUT2D eigenvalue weighted by Gasteiger charge is -2.11. The standard InChI is InChI=1S/C10H11BrN2O3/c1-2-8(10(15)16)13-9(14)6-3-7(11)5-12-4-6/h3-5,8H,2H2,1H3,(H,13,14)(H,15,16)/t8-/m0/s1. The van der Waals surface area contributed by atoms with Gasteiger partial charge in [0.25, 0.3) is 5.91 Å². The molecule has 0 fully saturated rings. The number of nitrogens with one attached hydrogen (secondary N) is 1. The van der Waals surface area contributed by atoms with E-state index < -0.39 is 17.9 Å². The fourth-order valence-electron chi connectivity index (χ4n) is 1.12. The molecule has 1 rings (SSSR count). The molecule has 2 N–H and O–H groups in total. The summed E-state index contributed by atoms with van der Waals surface area (Å²) in [5.41, 5.74) is 0.328. The zero-order valence-corrected chi connectivity index (χ0v) is 10.2. The maximum absolute atomic E-state index is 11.6. The Morgan fingerprint density at radius 1 is 1.56 bits per heavy atom. The van der Waals surface area contributed by atoms with Crippen molar-refractivity contribution in [2.75, 3.05) is 0 Å². The molecule has 6 heteroatoms. The number of aromatic nitrogens is 1. The number of halogens is 1. The molecule has 0 spiro atoms. The van der Waals surface area contributed by atoms with E-state index in [0.29, 0.717) is 16.5 Å². The lowest BCUT2D eigenvalue weighted by atomic mass is 10.2. The third kappa shape index (κ3) is 3.30. The predicted octanol–water partition coefficient (Wildman–Crippen LogP) is 1.44. The van der Waals surface area contributed by atoms with Crippen molar-refractivity contribution in [2.45, 2.75) is 19.4 Å². The number of rotatable bonds is 4. The Labute approximate surface area is 101 Å². The summed E-state index contributed by atoms with van der Waals surface area (Å²) in [6.45, 7) is 1.69. The first kappa shape index (κ1) is 12.6. The van der Waals surface area contributed by atoms with Gasteiger partial charge in [-0.2, -0.15) is 0 Å². The number of hydrogen-bond donors (Lipinski definition) is 2. The maximum Gasteiger partial charge on any atom is 0.326 e. The van der Waals surface area contributed by atoms with Gasteiger partial charge in [-0.3, -0.25) is 9.78 Å². The highest BCUT2D eigenvalue weighted by Gasteiger charge is 2.18. The molecule has 0 saturated heterocycles. The van der Waals surface area contributed by atoms with Crippen LogP contribution < -0.4 is 5.32 Å². The molecule has 1 amide bonds. The highest BCUT2D eigenvalue weighted by atomic mass is 79.9. The van der Waals surface area contributed by atoms with Crippen LogP contribution in [0.1, 0.15) is 23.7 Å². The molecule has 1 heterocycles. The van der Waals surface area contributed by atoms with E-state index in [1.165, 1.54) is 6.20 Å². The zero-order chi connectivity index (χ0) is 12.1. The van der Waals surface area contributed by atoms with Crippen LogP contribution >= 0.6 is 15.9 Å². The first-order valence-electron chi connectivity index (χ1n) is 4.68. The van der Waals surface area contributed by atoms with Crippen molar-refractivity contribution in [1.29, 1.82) is 0 Å². The van der Waals surface area contributed by atoms with Crippen LogP contribution in [0.3, 0.4) is 0 Å². The summed E-state index contributed by atoms with van der Waals surface area (Å²) in [6, 6.07) is 0.711. The summed E-state index contributed by atoms with van der Waals surface area (Å²) < 4.78 is 0.670. The minimum atomic E-state index is -1.04. The van der Waals surface area contributed by atoms with E-state index in [0.717, 1.165) is 0 Å². The van der Waals surface area contributed by atoms with Crippen LogP contribution in [0, 0.1) is 0 Å². The number of aliphatic carboxylic acids is 1. The van der Waals surface area contributed by atoms with Crippen LogP contribution in [-0.4, -0.2) is 28.0 Å². The molecular weight excluding hydrogens is 276 g/mol. The summed E-state index contributed by atoms with van der Waals surface area (Å²) in [7, 11) is 0. The molecule has 0 aliphatic carbocycles. The van der Waals surface area contributed by atoms with Crippen LogP contribution in [0.15, 0.2) is 22.9 Å². The number of carbonyl (C=O) groups is 2. The van der Waals surface area contributed by atoms with E-state index >= 15 is 0 Å². The van der Waals surface area contributed by atoms with Crippen molar-refractivity contribution in [3.8, 4) is 0 Å². The number of nitrogens with zero attached hydrogens (tertiary/aromatic N) is 1. The lowest BCUT2D eigenvalue weighted by molar-refractivity contribution is -0.139. The van der Waals surface area contributed by atoms with Crippen LogP contribution in [0.5, 0.6) is 0 Å². The summed E-state index contributed by atoms with van der Waals surface area (Å²) in [6.07, 6.45) is 3.27. The van der Waals surface area contributed by atoms with Gasteiger partial charge >= 0.3 is 5.97 Å². The minimum absolute atomic E-state index is 0.328. The smallest absolute Gasteiger partial charge is 0.326 e. The van der Waals surface area contributed by atoms with Crippen LogP contribution in [0.4, 0.5) is 0 Å². The average Bonchev–Trinajstić information content (AvgIpc) is 2.25. The first-order valence-corrected chi connectivity index (χ1v) is 5.48. The van der Waals surface area contributed by atoms with Gasteiger partial charge in [0.05, 0.1) is 5.56 Å². The van der Waals surface area contributed by atoms with Gasteiger partial charge in [-0.05, 0) is 28.4 Å². The van der Waals surface area contributed by atoms with E-state index in [9.17, 15) is 9.59 Å². The van der Waals surface area contributed by atoms with Crippen molar-refractivity contribution in [2.24, 2.45) is 0 Å². The van der Waals surface area contributed by atoms with Crippen molar-refractivity contribution < 1.29 is 14.7 Å². The fraction of sp³-hybridized carbons (Fsp3) is 0.300. The second-order valence-electron chi connectivity index (χ2n) is 3.16. The lowest BCUT2D eigenvalue weighted by Crippen LogP contribution is -2.40. The van der Waals surface area contributed by atoms with Crippen molar-refractivity contribution in [3.05, 3.63) is 28.5 Å². The number of amides is 1. The van der Waals surface area contributed by atoms with Gasteiger partial charge in [-0.1, -0.05) is 6.92 Å². The Hall–Kier alpha value is -1.43. The molecule has 0 bridgehead atoms. The number of carboxylic acid groups (broad SMARTS) is 1. The second kappa shape index (κ2) is 5.60. The SMILES string of the molecule is CC[C@H](NC(=O)c1cncc(Br)c1)C(=O)O. The molecule has 16 heavy (non-hydrogen) atoms. The van der Waals surface area contributed by atoms with E-state index in [2.05, 4.69) is 26.2 Å². The van der Waals surface area contributed by atoms with Crippen LogP contribution in [-0.2, 0) is 4.79 Å². The highest BCUT2D eigenvalue weighted by molar-refractivity contribution is 9.10. The number of carboxylic acids is 1. The zero-order valence-electron chi connectivity index (χ0n) is 8.61. The van der Waals surface area contributed by atoms with Crippen molar-refractivity contribution in [3.63, 3.8) is 0 Å². The summed E-state index contributed by atoms with van der Waals surface area (Å²) >= 11 is 3.18. The first-order chi connectivity index (χ1) is 7.54. The molecule has 0 aromatic carbocycles. The van der Waals surface area contributed by atoms with Crippen molar-refractivity contribution >= 4 is 27.8 Å². The Morgan fingerprint density at radius 2 is 2.25 bits per heavy atom. The van der Waals surface area contributed by atoms with Gasteiger partial charge in [0.15, 0.2) is 0 Å². The fourth-order valence-corrected chi connectivity index (χ4v) is 1.48. The molecule has 0 aliphatic rings. The normalized spacial score (nSPS) is 11.9. The monoisotopic (exact) mass is 286 g/mol. The highest BCUT2D eigenvalue weighted by Crippen LogP contribution is 2.09. The number of hydrogen-bond acceptors (Lipinski definition) is 3. The molecular formula is C10H11BrN2O3. The third-order valence-electron chi connectivity index (χ3n) is 1.98. The number of pyridine rings is 1. The Kier molecular flexibility index (Phi) is 4.42. The molecule has 0 aliphatic heterocycles.